The number of aromatic nitrogens is 1. The molecule has 2 N–H and O–H groups in total. The van der Waals surface area contributed by atoms with E-state index in [0.29, 0.717) is 6.04 Å². The fraction of sp³-hybridized carbons (Fsp3) is 0.368. The van der Waals surface area contributed by atoms with Crippen LogP contribution in [0.4, 0.5) is 0 Å². The lowest BCUT2D eigenvalue weighted by Crippen LogP contribution is -2.38. The summed E-state index contributed by atoms with van der Waals surface area (Å²) in [5.41, 5.74) is 6.73. The molecule has 1 aromatic heterocycles. The van der Waals surface area contributed by atoms with Gasteiger partial charge in [0.1, 0.15) is 0 Å². The van der Waals surface area contributed by atoms with E-state index in [4.69, 9.17) is 0 Å². The largest absolute Gasteiger partial charge is 0.396 e. The van der Waals surface area contributed by atoms with Gasteiger partial charge in [0.05, 0.1) is 6.04 Å². The minimum Gasteiger partial charge on any atom is -0.396 e. The first-order valence-electron chi connectivity index (χ1n) is 8.12. The van der Waals surface area contributed by atoms with Gasteiger partial charge in [-0.1, -0.05) is 30.4 Å². The van der Waals surface area contributed by atoms with Gasteiger partial charge in [-0.3, -0.25) is 4.90 Å². The highest BCUT2D eigenvalue weighted by Gasteiger charge is 2.32. The summed E-state index contributed by atoms with van der Waals surface area (Å²) >= 11 is 0. The van der Waals surface area contributed by atoms with Gasteiger partial charge in [-0.05, 0) is 42.5 Å². The van der Waals surface area contributed by atoms with E-state index in [-0.39, 0.29) is 6.61 Å². The van der Waals surface area contributed by atoms with E-state index in [1.54, 1.807) is 0 Å². The van der Waals surface area contributed by atoms with Gasteiger partial charge >= 0.3 is 0 Å². The molecule has 2 aliphatic heterocycles. The minimum absolute atomic E-state index is 0.218. The zero-order valence-electron chi connectivity index (χ0n) is 13.0. The molecule has 22 heavy (non-hydrogen) atoms. The molecule has 1 aromatic carbocycles. The summed E-state index contributed by atoms with van der Waals surface area (Å²) in [5.74, 6) is 0. The maximum Gasteiger partial charge on any atom is 0.0695 e. The number of hydrogen-bond donors (Lipinski definition) is 2. The number of nitrogens with one attached hydrogen (secondary N) is 1. The molecular weight excluding hydrogens is 272 g/mol. The Morgan fingerprint density at radius 2 is 2.23 bits per heavy atom. The smallest absolute Gasteiger partial charge is 0.0695 e. The van der Waals surface area contributed by atoms with E-state index < -0.39 is 0 Å². The van der Waals surface area contributed by atoms with Gasteiger partial charge in [0.25, 0.3) is 0 Å². The lowest BCUT2D eigenvalue weighted by Gasteiger charge is -2.39. The third-order valence-electron chi connectivity index (χ3n) is 5.06. The third kappa shape index (κ3) is 2.04. The number of aromatic amines is 1. The van der Waals surface area contributed by atoms with Gasteiger partial charge in [-0.15, -0.1) is 0 Å². The molecule has 3 heteroatoms. The maximum atomic E-state index is 9.35. The van der Waals surface area contributed by atoms with Crippen molar-refractivity contribution in [1.82, 2.24) is 9.88 Å². The Kier molecular flexibility index (Phi) is 3.40. The first-order valence-corrected chi connectivity index (χ1v) is 8.12. The summed E-state index contributed by atoms with van der Waals surface area (Å²) in [6.45, 7) is 4.40. The van der Waals surface area contributed by atoms with Gasteiger partial charge in [-0.25, -0.2) is 0 Å². The van der Waals surface area contributed by atoms with Gasteiger partial charge in [0.15, 0.2) is 0 Å². The first-order chi connectivity index (χ1) is 10.8. The monoisotopic (exact) mass is 294 g/mol. The molecule has 0 bridgehead atoms. The van der Waals surface area contributed by atoms with Gasteiger partial charge in [-0.2, -0.15) is 0 Å². The molecule has 0 radical (unpaired) electrons. The van der Waals surface area contributed by atoms with Crippen LogP contribution in [0.2, 0.25) is 0 Å². The molecule has 1 atom stereocenters. The van der Waals surface area contributed by atoms with Crippen LogP contribution in [0.5, 0.6) is 0 Å². The number of hydrogen-bond acceptors (Lipinski definition) is 2. The SMILES string of the molecule is C/C=C1\CN2CCc3c([nH]c4ccccc34)C2C=C1CCO. The Morgan fingerprint density at radius 3 is 3.05 bits per heavy atom. The summed E-state index contributed by atoms with van der Waals surface area (Å²) in [6.07, 6.45) is 6.40. The van der Waals surface area contributed by atoms with Crippen LogP contribution in [-0.4, -0.2) is 34.7 Å². The Bertz CT molecular complexity index is 769. The van der Waals surface area contributed by atoms with Crippen molar-refractivity contribution in [1.29, 1.82) is 0 Å². The van der Waals surface area contributed by atoms with E-state index in [9.17, 15) is 5.11 Å². The summed E-state index contributed by atoms with van der Waals surface area (Å²) in [6, 6.07) is 8.92. The number of fused-ring (bicyclic) bond motifs is 5. The predicted octanol–water partition coefficient (Wildman–Crippen LogP) is 3.34. The van der Waals surface area contributed by atoms with Crippen molar-refractivity contribution in [3.05, 3.63) is 58.8 Å². The van der Waals surface area contributed by atoms with Crippen molar-refractivity contribution in [2.75, 3.05) is 19.7 Å². The molecule has 3 heterocycles. The van der Waals surface area contributed by atoms with Crippen LogP contribution in [-0.2, 0) is 6.42 Å². The minimum atomic E-state index is 0.218. The number of aliphatic hydroxyl groups is 1. The fourth-order valence-electron chi connectivity index (χ4n) is 3.94. The molecule has 0 saturated heterocycles. The van der Waals surface area contributed by atoms with Crippen LogP contribution in [0.15, 0.2) is 47.6 Å². The van der Waals surface area contributed by atoms with Crippen molar-refractivity contribution < 1.29 is 5.11 Å². The third-order valence-corrected chi connectivity index (χ3v) is 5.06. The molecule has 2 aliphatic rings. The maximum absolute atomic E-state index is 9.35. The molecular formula is C19H22N2O. The molecule has 0 fully saturated rings. The average Bonchev–Trinajstić information content (AvgIpc) is 2.93. The lowest BCUT2D eigenvalue weighted by atomic mass is 9.88. The molecule has 4 rings (SSSR count). The normalized spacial score (nSPS) is 23.5. The van der Waals surface area contributed by atoms with Crippen LogP contribution in [0.1, 0.15) is 30.6 Å². The second kappa shape index (κ2) is 5.41. The number of benzene rings is 1. The molecule has 0 aliphatic carbocycles. The molecule has 3 nitrogen and oxygen atoms in total. The Morgan fingerprint density at radius 1 is 1.36 bits per heavy atom. The topological polar surface area (TPSA) is 39.3 Å². The summed E-state index contributed by atoms with van der Waals surface area (Å²) in [5, 5.41) is 10.7. The van der Waals surface area contributed by atoms with Crippen molar-refractivity contribution in [3.63, 3.8) is 0 Å². The van der Waals surface area contributed by atoms with Crippen molar-refractivity contribution >= 4 is 10.9 Å². The van der Waals surface area contributed by atoms with Crippen molar-refractivity contribution in [2.45, 2.75) is 25.8 Å². The van der Waals surface area contributed by atoms with Gasteiger partial charge < -0.3 is 10.1 Å². The molecule has 0 spiro atoms. The molecule has 2 aromatic rings. The molecule has 114 valence electrons. The zero-order chi connectivity index (χ0) is 15.1. The first kappa shape index (κ1) is 13.8. The number of aliphatic hydroxyl groups excluding tert-OH is 1. The number of para-hydroxylation sites is 1. The van der Waals surface area contributed by atoms with E-state index in [2.05, 4.69) is 53.2 Å². The zero-order valence-corrected chi connectivity index (χ0v) is 13.0. The molecule has 0 saturated carbocycles. The highest BCUT2D eigenvalue weighted by Crippen LogP contribution is 2.39. The lowest BCUT2D eigenvalue weighted by molar-refractivity contribution is 0.224. The summed E-state index contributed by atoms with van der Waals surface area (Å²) < 4.78 is 0. The number of nitrogens with zero attached hydrogens (tertiary/aromatic N) is 1. The number of H-pyrrole nitrogens is 1. The van der Waals surface area contributed by atoms with Crippen LogP contribution in [0.3, 0.4) is 0 Å². The quantitative estimate of drug-likeness (QED) is 0.891. The molecule has 0 amide bonds. The molecule has 1 unspecified atom stereocenters. The van der Waals surface area contributed by atoms with Crippen LogP contribution < -0.4 is 0 Å². The fourth-order valence-corrected chi connectivity index (χ4v) is 3.94. The summed E-state index contributed by atoms with van der Waals surface area (Å²) in [7, 11) is 0. The standard InChI is InChI=1S/C19H22N2O/c1-2-13-12-21-9-7-16-15-5-3-4-6-17(15)20-19(16)18(21)11-14(13)8-10-22/h2-6,11,18,20,22H,7-10,12H2,1H3/b13-2+. The summed E-state index contributed by atoms with van der Waals surface area (Å²) in [4.78, 5) is 6.18. The number of rotatable bonds is 2. The number of allylic oxidation sites excluding steroid dienone is 1. The highest BCUT2D eigenvalue weighted by atomic mass is 16.2. The van der Waals surface area contributed by atoms with Crippen LogP contribution in [0.25, 0.3) is 10.9 Å². The Hall–Kier alpha value is -1.84. The van der Waals surface area contributed by atoms with E-state index in [1.165, 1.54) is 33.3 Å². The van der Waals surface area contributed by atoms with E-state index >= 15 is 0 Å². The second-order valence-electron chi connectivity index (χ2n) is 6.21. The predicted molar refractivity (Wildman–Crippen MR) is 89.9 cm³/mol. The van der Waals surface area contributed by atoms with Crippen molar-refractivity contribution in [2.24, 2.45) is 0 Å². The van der Waals surface area contributed by atoms with Gasteiger partial charge in [0, 0.05) is 36.3 Å². The highest BCUT2D eigenvalue weighted by molar-refractivity contribution is 5.85. The Balaban J connectivity index is 1.84. The Labute approximate surface area is 130 Å². The van der Waals surface area contributed by atoms with Crippen molar-refractivity contribution in [3.8, 4) is 0 Å². The van der Waals surface area contributed by atoms with Crippen LogP contribution in [0, 0.1) is 0 Å². The van der Waals surface area contributed by atoms with E-state index in [0.717, 1.165) is 25.9 Å². The average molecular weight is 294 g/mol. The van der Waals surface area contributed by atoms with Crippen LogP contribution >= 0.6 is 0 Å². The second-order valence-corrected chi connectivity index (χ2v) is 6.21. The van der Waals surface area contributed by atoms with E-state index in [1.807, 2.05) is 0 Å². The van der Waals surface area contributed by atoms with Gasteiger partial charge in [0.2, 0.25) is 0 Å².